The number of benzene rings is 1. The van der Waals surface area contributed by atoms with Crippen LogP contribution in [0.15, 0.2) is 30.5 Å². The molecule has 1 amide bonds. The van der Waals surface area contributed by atoms with E-state index in [4.69, 9.17) is 4.98 Å². The Morgan fingerprint density at radius 3 is 3.00 bits per heavy atom. The molecule has 3 heterocycles. The summed E-state index contributed by atoms with van der Waals surface area (Å²) in [5.74, 6) is 0.0464. The standard InChI is InChI=1S/C17H18N4OS2/c1-11-9-18-16(23-11)20-15(22)12-5-4-8-21(10-12)17-19-13-6-2-3-7-14(13)24-17/h2-3,6-7,9,12H,4-5,8,10H2,1H3,(H,18,20,22)/t12-/m1/s1. The van der Waals surface area contributed by atoms with Crippen LogP contribution in [0.5, 0.6) is 0 Å². The first kappa shape index (κ1) is 15.5. The van der Waals surface area contributed by atoms with Crippen molar-refractivity contribution < 1.29 is 4.79 Å². The highest BCUT2D eigenvalue weighted by molar-refractivity contribution is 7.22. The van der Waals surface area contributed by atoms with E-state index in [2.05, 4.69) is 21.3 Å². The summed E-state index contributed by atoms with van der Waals surface area (Å²) in [6, 6.07) is 8.17. The number of thiazole rings is 2. The summed E-state index contributed by atoms with van der Waals surface area (Å²) in [6.45, 7) is 3.67. The van der Waals surface area contributed by atoms with Crippen LogP contribution in [-0.2, 0) is 4.79 Å². The molecule has 7 heteroatoms. The highest BCUT2D eigenvalue weighted by Crippen LogP contribution is 2.31. The Bertz CT molecular complexity index is 839. The Balaban J connectivity index is 1.47. The number of hydrogen-bond donors (Lipinski definition) is 1. The van der Waals surface area contributed by atoms with Crippen molar-refractivity contribution in [1.82, 2.24) is 9.97 Å². The molecule has 1 fully saturated rings. The Hall–Kier alpha value is -1.99. The summed E-state index contributed by atoms with van der Waals surface area (Å²) in [7, 11) is 0. The van der Waals surface area contributed by atoms with Crippen LogP contribution in [-0.4, -0.2) is 29.0 Å². The van der Waals surface area contributed by atoms with Crippen molar-refractivity contribution in [3.63, 3.8) is 0 Å². The summed E-state index contributed by atoms with van der Waals surface area (Å²) < 4.78 is 1.19. The molecular weight excluding hydrogens is 340 g/mol. The molecule has 0 aliphatic carbocycles. The molecule has 0 bridgehead atoms. The molecular formula is C17H18N4OS2. The number of aromatic nitrogens is 2. The lowest BCUT2D eigenvalue weighted by molar-refractivity contribution is -0.120. The minimum atomic E-state index is -0.0185. The lowest BCUT2D eigenvalue weighted by Crippen LogP contribution is -2.40. The molecule has 24 heavy (non-hydrogen) atoms. The third-order valence-corrected chi connectivity index (χ3v) is 6.12. The van der Waals surface area contributed by atoms with E-state index in [0.29, 0.717) is 5.13 Å². The summed E-state index contributed by atoms with van der Waals surface area (Å²) in [4.78, 5) is 24.8. The van der Waals surface area contributed by atoms with Crippen molar-refractivity contribution in [2.24, 2.45) is 5.92 Å². The van der Waals surface area contributed by atoms with Gasteiger partial charge in [0.05, 0.1) is 16.1 Å². The van der Waals surface area contributed by atoms with Crippen LogP contribution in [0.4, 0.5) is 10.3 Å². The summed E-state index contributed by atoms with van der Waals surface area (Å²) in [5, 5.41) is 4.66. The monoisotopic (exact) mass is 358 g/mol. The van der Waals surface area contributed by atoms with Crippen molar-refractivity contribution in [2.45, 2.75) is 19.8 Å². The fourth-order valence-electron chi connectivity index (χ4n) is 2.98. The van der Waals surface area contributed by atoms with Gasteiger partial charge in [-0.25, -0.2) is 9.97 Å². The fourth-order valence-corrected chi connectivity index (χ4v) is 4.65. The number of anilines is 2. The highest BCUT2D eigenvalue weighted by Gasteiger charge is 2.27. The maximum atomic E-state index is 12.5. The van der Waals surface area contributed by atoms with Gasteiger partial charge >= 0.3 is 0 Å². The molecule has 1 aliphatic heterocycles. The second kappa shape index (κ2) is 6.49. The zero-order valence-corrected chi connectivity index (χ0v) is 15.0. The van der Waals surface area contributed by atoms with Crippen molar-refractivity contribution in [3.05, 3.63) is 35.3 Å². The topological polar surface area (TPSA) is 58.1 Å². The van der Waals surface area contributed by atoms with Crippen LogP contribution >= 0.6 is 22.7 Å². The second-order valence-electron chi connectivity index (χ2n) is 6.01. The summed E-state index contributed by atoms with van der Waals surface area (Å²) in [5.41, 5.74) is 1.03. The van der Waals surface area contributed by atoms with E-state index in [1.165, 1.54) is 16.0 Å². The highest BCUT2D eigenvalue weighted by atomic mass is 32.1. The van der Waals surface area contributed by atoms with Crippen LogP contribution in [0, 0.1) is 12.8 Å². The Morgan fingerprint density at radius 2 is 2.21 bits per heavy atom. The first-order valence-corrected chi connectivity index (χ1v) is 9.66. The number of hydrogen-bond acceptors (Lipinski definition) is 6. The molecule has 0 saturated carbocycles. The number of para-hydroxylation sites is 1. The van der Waals surface area contributed by atoms with E-state index in [-0.39, 0.29) is 11.8 Å². The Kier molecular flexibility index (Phi) is 4.20. The minimum absolute atomic E-state index is 0.0185. The van der Waals surface area contributed by atoms with Crippen LogP contribution in [0.3, 0.4) is 0 Å². The van der Waals surface area contributed by atoms with E-state index < -0.39 is 0 Å². The molecule has 4 rings (SSSR count). The predicted octanol–water partition coefficient (Wildman–Crippen LogP) is 3.92. The number of nitrogens with zero attached hydrogens (tertiary/aromatic N) is 3. The molecule has 0 spiro atoms. The summed E-state index contributed by atoms with van der Waals surface area (Å²) >= 11 is 3.21. The number of amides is 1. The molecule has 3 aromatic rings. The van der Waals surface area contributed by atoms with Crippen LogP contribution in [0.25, 0.3) is 10.2 Å². The number of carbonyl (C=O) groups excluding carboxylic acids is 1. The number of aryl methyl sites for hydroxylation is 1. The third kappa shape index (κ3) is 3.14. The van der Waals surface area contributed by atoms with Gasteiger partial charge in [-0.1, -0.05) is 23.5 Å². The van der Waals surface area contributed by atoms with Gasteiger partial charge in [0.25, 0.3) is 0 Å². The largest absolute Gasteiger partial charge is 0.347 e. The SMILES string of the molecule is Cc1cnc(NC(=O)[C@@H]2CCCN(c3nc4ccccc4s3)C2)s1. The van der Waals surface area contributed by atoms with E-state index in [0.717, 1.165) is 41.5 Å². The lowest BCUT2D eigenvalue weighted by Gasteiger charge is -2.31. The molecule has 1 aliphatic rings. The van der Waals surface area contributed by atoms with Gasteiger partial charge < -0.3 is 10.2 Å². The molecule has 1 saturated heterocycles. The van der Waals surface area contributed by atoms with E-state index in [1.807, 2.05) is 25.1 Å². The quantitative estimate of drug-likeness (QED) is 0.771. The van der Waals surface area contributed by atoms with Crippen molar-refractivity contribution in [3.8, 4) is 0 Å². The number of nitrogens with one attached hydrogen (secondary N) is 1. The van der Waals surface area contributed by atoms with Gasteiger partial charge in [0.2, 0.25) is 5.91 Å². The van der Waals surface area contributed by atoms with Crippen molar-refractivity contribution >= 4 is 49.1 Å². The van der Waals surface area contributed by atoms with Gasteiger partial charge in [0.15, 0.2) is 10.3 Å². The van der Waals surface area contributed by atoms with Crippen LogP contribution < -0.4 is 10.2 Å². The van der Waals surface area contributed by atoms with Gasteiger partial charge in [0, 0.05) is 24.2 Å². The molecule has 1 atom stereocenters. The van der Waals surface area contributed by atoms with Gasteiger partial charge in [-0.15, -0.1) is 11.3 Å². The van der Waals surface area contributed by atoms with E-state index >= 15 is 0 Å². The van der Waals surface area contributed by atoms with Gasteiger partial charge in [-0.2, -0.15) is 0 Å². The first-order valence-electron chi connectivity index (χ1n) is 8.03. The molecule has 0 unspecified atom stereocenters. The smallest absolute Gasteiger partial charge is 0.231 e. The average molecular weight is 358 g/mol. The van der Waals surface area contributed by atoms with Gasteiger partial charge in [-0.05, 0) is 31.9 Å². The number of carbonyl (C=O) groups is 1. The predicted molar refractivity (Wildman–Crippen MR) is 100 cm³/mol. The Labute approximate surface area is 148 Å². The molecule has 2 aromatic heterocycles. The average Bonchev–Trinajstić information content (AvgIpc) is 3.21. The molecule has 1 aromatic carbocycles. The van der Waals surface area contributed by atoms with Gasteiger partial charge in [-0.3, -0.25) is 4.79 Å². The molecule has 5 nitrogen and oxygen atoms in total. The molecule has 124 valence electrons. The second-order valence-corrected chi connectivity index (χ2v) is 8.26. The van der Waals surface area contributed by atoms with Crippen molar-refractivity contribution in [1.29, 1.82) is 0 Å². The van der Waals surface area contributed by atoms with Crippen LogP contribution in [0.2, 0.25) is 0 Å². The lowest BCUT2D eigenvalue weighted by atomic mass is 9.97. The maximum absolute atomic E-state index is 12.5. The van der Waals surface area contributed by atoms with E-state index in [1.54, 1.807) is 17.5 Å². The van der Waals surface area contributed by atoms with Gasteiger partial charge in [0.1, 0.15) is 0 Å². The normalized spacial score (nSPS) is 18.0. The Morgan fingerprint density at radius 1 is 1.33 bits per heavy atom. The number of rotatable bonds is 3. The fraction of sp³-hybridized carbons (Fsp3) is 0.353. The molecule has 1 N–H and O–H groups in total. The summed E-state index contributed by atoms with van der Waals surface area (Å²) in [6.07, 6.45) is 3.71. The maximum Gasteiger partial charge on any atom is 0.231 e. The van der Waals surface area contributed by atoms with Crippen LogP contribution in [0.1, 0.15) is 17.7 Å². The zero-order chi connectivity index (χ0) is 16.5. The number of piperidine rings is 1. The van der Waals surface area contributed by atoms with E-state index in [9.17, 15) is 4.79 Å². The first-order chi connectivity index (χ1) is 11.7. The third-order valence-electron chi connectivity index (χ3n) is 4.20. The number of fused-ring (bicyclic) bond motifs is 1. The minimum Gasteiger partial charge on any atom is -0.347 e. The zero-order valence-electron chi connectivity index (χ0n) is 13.4. The van der Waals surface area contributed by atoms with Crippen molar-refractivity contribution in [2.75, 3.05) is 23.3 Å². The molecule has 0 radical (unpaired) electrons.